The number of fused-ring (bicyclic) bond motifs is 6. The number of rotatable bonds is 6. The molecule has 0 aliphatic rings. The monoisotopic (exact) mass is 668 g/mol. The van der Waals surface area contributed by atoms with Gasteiger partial charge in [0, 0.05) is 53.6 Å². The number of benzene rings is 8. The lowest BCUT2D eigenvalue weighted by Crippen LogP contribution is -2.11. The maximum absolute atomic E-state index is 2.42. The van der Waals surface area contributed by atoms with Crippen molar-refractivity contribution in [3.05, 3.63) is 194 Å². The second-order valence-corrected chi connectivity index (χ2v) is 14.0. The predicted molar refractivity (Wildman–Crippen MR) is 219 cm³/mol. The molecule has 10 aromatic rings. The molecule has 2 aromatic heterocycles. The molecule has 0 unspecified atom stereocenters. The summed E-state index contributed by atoms with van der Waals surface area (Å²) in [5.41, 5.74) is 11.7. The maximum Gasteiger partial charge on any atom is 0.0561 e. The molecular weight excluding hydrogens is 637 g/mol. The van der Waals surface area contributed by atoms with E-state index < -0.39 is 0 Å². The van der Waals surface area contributed by atoms with E-state index in [4.69, 9.17) is 0 Å². The molecule has 2 heterocycles. The van der Waals surface area contributed by atoms with Gasteiger partial charge in [0.2, 0.25) is 0 Å². The van der Waals surface area contributed by atoms with Crippen LogP contribution >= 0.6 is 11.3 Å². The van der Waals surface area contributed by atoms with Gasteiger partial charge in [0.05, 0.1) is 16.7 Å². The van der Waals surface area contributed by atoms with Crippen LogP contribution in [0.15, 0.2) is 194 Å². The largest absolute Gasteiger partial charge is 0.310 e. The number of hydrogen-bond donors (Lipinski definition) is 0. The van der Waals surface area contributed by atoms with Crippen LogP contribution in [0.2, 0.25) is 0 Å². The van der Waals surface area contributed by atoms with Crippen LogP contribution in [0.5, 0.6) is 0 Å². The number of hydrogen-bond acceptors (Lipinski definition) is 2. The highest BCUT2D eigenvalue weighted by atomic mass is 32.1. The van der Waals surface area contributed by atoms with Crippen molar-refractivity contribution in [3.63, 3.8) is 0 Å². The highest BCUT2D eigenvalue weighted by Gasteiger charge is 2.20. The van der Waals surface area contributed by atoms with Crippen molar-refractivity contribution in [2.75, 3.05) is 4.90 Å². The van der Waals surface area contributed by atoms with Gasteiger partial charge in [0.1, 0.15) is 0 Å². The molecule has 240 valence electrons. The van der Waals surface area contributed by atoms with Crippen molar-refractivity contribution in [2.24, 2.45) is 0 Å². The molecule has 10 rings (SSSR count). The lowest BCUT2D eigenvalue weighted by molar-refractivity contribution is 1.18. The molecule has 0 fully saturated rings. The van der Waals surface area contributed by atoms with Gasteiger partial charge in [0.25, 0.3) is 0 Å². The first-order valence-electron chi connectivity index (χ1n) is 17.4. The Hall–Kier alpha value is -6.42. The van der Waals surface area contributed by atoms with Crippen molar-refractivity contribution in [2.45, 2.75) is 0 Å². The predicted octanol–water partition coefficient (Wildman–Crippen LogP) is 14.0. The zero-order valence-electron chi connectivity index (χ0n) is 27.8. The summed E-state index contributed by atoms with van der Waals surface area (Å²) in [6.07, 6.45) is 0. The quantitative estimate of drug-likeness (QED) is 0.171. The van der Waals surface area contributed by atoms with Crippen LogP contribution in [0.25, 0.3) is 69.9 Å². The highest BCUT2D eigenvalue weighted by molar-refractivity contribution is 7.26. The number of aromatic nitrogens is 1. The topological polar surface area (TPSA) is 8.17 Å². The third-order valence-corrected chi connectivity index (χ3v) is 11.2. The van der Waals surface area contributed by atoms with E-state index in [2.05, 4.69) is 204 Å². The van der Waals surface area contributed by atoms with Crippen LogP contribution in [0.4, 0.5) is 17.1 Å². The van der Waals surface area contributed by atoms with Crippen molar-refractivity contribution in [1.29, 1.82) is 0 Å². The van der Waals surface area contributed by atoms with Crippen molar-refractivity contribution < 1.29 is 0 Å². The molecule has 0 saturated heterocycles. The van der Waals surface area contributed by atoms with Gasteiger partial charge in [-0.05, 0) is 71.3 Å². The van der Waals surface area contributed by atoms with Gasteiger partial charge in [0.15, 0.2) is 0 Å². The summed E-state index contributed by atoms with van der Waals surface area (Å²) in [6, 6.07) is 70.3. The van der Waals surface area contributed by atoms with Crippen molar-refractivity contribution >= 4 is 70.4 Å². The van der Waals surface area contributed by atoms with Gasteiger partial charge < -0.3 is 9.47 Å². The summed E-state index contributed by atoms with van der Waals surface area (Å²) in [6.45, 7) is 0. The lowest BCUT2D eigenvalue weighted by Gasteiger charge is -2.28. The molecule has 0 radical (unpaired) electrons. The number of anilines is 3. The van der Waals surface area contributed by atoms with Crippen LogP contribution in [0.1, 0.15) is 0 Å². The van der Waals surface area contributed by atoms with Crippen LogP contribution in [-0.4, -0.2) is 4.57 Å². The Morgan fingerprint density at radius 2 is 1.00 bits per heavy atom. The summed E-state index contributed by atoms with van der Waals surface area (Å²) < 4.78 is 5.05. The molecule has 0 bridgehead atoms. The Morgan fingerprint density at radius 1 is 0.392 bits per heavy atom. The standard InChI is InChI=1S/C48H32N2S/c1-3-14-33(15-4-1)38-18-7-10-23-44(38)49(36-28-26-34(27-29-36)39-21-13-22-43-42-20-9-12-25-47(42)51-48(39)43)37-30-31-41-40-19-8-11-24-45(40)50(46(41)32-37)35-16-5-2-6-17-35/h1-32H. The molecule has 0 amide bonds. The van der Waals surface area contributed by atoms with E-state index in [1.807, 2.05) is 11.3 Å². The number of nitrogens with zero attached hydrogens (tertiary/aromatic N) is 2. The van der Waals surface area contributed by atoms with Crippen LogP contribution < -0.4 is 4.90 Å². The van der Waals surface area contributed by atoms with E-state index in [1.165, 1.54) is 64.2 Å². The van der Waals surface area contributed by atoms with Crippen molar-refractivity contribution in [1.82, 2.24) is 4.57 Å². The van der Waals surface area contributed by atoms with Gasteiger partial charge in [-0.15, -0.1) is 11.3 Å². The minimum atomic E-state index is 1.10. The molecule has 2 nitrogen and oxygen atoms in total. The molecule has 3 heteroatoms. The number of para-hydroxylation sites is 3. The normalized spacial score (nSPS) is 11.5. The van der Waals surface area contributed by atoms with Gasteiger partial charge >= 0.3 is 0 Å². The number of thiophene rings is 1. The van der Waals surface area contributed by atoms with Crippen LogP contribution in [0.3, 0.4) is 0 Å². The van der Waals surface area contributed by atoms with E-state index in [0.29, 0.717) is 0 Å². The Bertz CT molecular complexity index is 2850. The third-order valence-electron chi connectivity index (χ3n) is 10.0. The average Bonchev–Trinajstić information content (AvgIpc) is 3.75. The van der Waals surface area contributed by atoms with Gasteiger partial charge in [-0.2, -0.15) is 0 Å². The SMILES string of the molecule is c1ccc(-c2ccccc2N(c2ccc(-c3cccc4c3sc3ccccc34)cc2)c2ccc3c4ccccc4n(-c4ccccc4)c3c2)cc1. The van der Waals surface area contributed by atoms with E-state index in [0.717, 1.165) is 22.7 Å². The summed E-state index contributed by atoms with van der Waals surface area (Å²) in [5, 5.41) is 5.13. The molecule has 8 aromatic carbocycles. The second-order valence-electron chi connectivity index (χ2n) is 12.9. The molecule has 0 spiro atoms. The molecular formula is C48H32N2S. The smallest absolute Gasteiger partial charge is 0.0561 e. The molecule has 0 N–H and O–H groups in total. The summed E-state index contributed by atoms with van der Waals surface area (Å²) in [5.74, 6) is 0. The lowest BCUT2D eigenvalue weighted by atomic mass is 10.00. The van der Waals surface area contributed by atoms with Crippen LogP contribution in [-0.2, 0) is 0 Å². The fourth-order valence-electron chi connectivity index (χ4n) is 7.68. The minimum Gasteiger partial charge on any atom is -0.310 e. The molecule has 0 atom stereocenters. The van der Waals surface area contributed by atoms with Gasteiger partial charge in [-0.25, -0.2) is 0 Å². The molecule has 0 saturated carbocycles. The Labute approximate surface area is 300 Å². The minimum absolute atomic E-state index is 1.10. The maximum atomic E-state index is 2.42. The average molecular weight is 669 g/mol. The van der Waals surface area contributed by atoms with E-state index in [-0.39, 0.29) is 0 Å². The fraction of sp³-hybridized carbons (Fsp3) is 0. The Morgan fingerprint density at radius 3 is 1.84 bits per heavy atom. The first-order chi connectivity index (χ1) is 25.3. The zero-order chi connectivity index (χ0) is 33.7. The molecule has 51 heavy (non-hydrogen) atoms. The molecule has 0 aliphatic heterocycles. The first-order valence-corrected chi connectivity index (χ1v) is 18.2. The third kappa shape index (κ3) is 4.93. The van der Waals surface area contributed by atoms with Crippen molar-refractivity contribution in [3.8, 4) is 27.9 Å². The summed E-state index contributed by atoms with van der Waals surface area (Å²) in [7, 11) is 0. The van der Waals surface area contributed by atoms with E-state index in [1.54, 1.807) is 0 Å². The zero-order valence-corrected chi connectivity index (χ0v) is 28.6. The van der Waals surface area contributed by atoms with Gasteiger partial charge in [-0.3, -0.25) is 0 Å². The fourth-order valence-corrected chi connectivity index (χ4v) is 8.91. The van der Waals surface area contributed by atoms with Gasteiger partial charge in [-0.1, -0.05) is 140 Å². The van der Waals surface area contributed by atoms with E-state index >= 15 is 0 Å². The summed E-state index contributed by atoms with van der Waals surface area (Å²) in [4.78, 5) is 2.42. The Kier molecular flexibility index (Phi) is 7.04. The summed E-state index contributed by atoms with van der Waals surface area (Å²) >= 11 is 1.88. The molecule has 0 aliphatic carbocycles. The van der Waals surface area contributed by atoms with Crippen LogP contribution in [0, 0.1) is 0 Å². The highest BCUT2D eigenvalue weighted by Crippen LogP contribution is 2.45. The Balaban J connectivity index is 1.18. The second kappa shape index (κ2) is 12.2. The van der Waals surface area contributed by atoms with E-state index in [9.17, 15) is 0 Å². The first kappa shape index (κ1) is 29.5.